The van der Waals surface area contributed by atoms with Crippen molar-refractivity contribution in [1.29, 1.82) is 0 Å². The van der Waals surface area contributed by atoms with Crippen LogP contribution < -0.4 is 10.6 Å². The van der Waals surface area contributed by atoms with Crippen LogP contribution in [0.5, 0.6) is 0 Å². The van der Waals surface area contributed by atoms with Gasteiger partial charge in [0.2, 0.25) is 11.8 Å². The van der Waals surface area contributed by atoms with Crippen LogP contribution in [0.2, 0.25) is 0 Å². The summed E-state index contributed by atoms with van der Waals surface area (Å²) in [5.41, 5.74) is 0. The monoisotopic (exact) mass is 925 g/mol. The Kier molecular flexibility index (Phi) is 65.5. The van der Waals surface area contributed by atoms with Gasteiger partial charge in [-0.1, -0.05) is 206 Å². The van der Waals surface area contributed by atoms with E-state index in [0.29, 0.717) is 12.8 Å². The van der Waals surface area contributed by atoms with Gasteiger partial charge in [-0.3, -0.25) is 14.4 Å². The Morgan fingerprint density at radius 3 is 1.38 bits per heavy atom. The van der Waals surface area contributed by atoms with Crippen molar-refractivity contribution in [2.45, 2.75) is 285 Å². The number of thioether (sulfide) groups is 2. The van der Waals surface area contributed by atoms with Gasteiger partial charge in [-0.15, -0.1) is 11.8 Å². The van der Waals surface area contributed by atoms with Gasteiger partial charge in [0.1, 0.15) is 0 Å². The zero-order valence-corrected chi connectivity index (χ0v) is 44.3. The summed E-state index contributed by atoms with van der Waals surface area (Å²) in [5.74, 6) is 4.15. The van der Waals surface area contributed by atoms with Gasteiger partial charge in [-0.2, -0.15) is 11.8 Å². The first-order chi connectivity index (χ1) is 31.0. The molecule has 3 N–H and O–H groups in total. The molecule has 0 bridgehead atoms. The smallest absolute Gasteiger partial charge is 0.290 e. The minimum Gasteiger partial charge on any atom is -0.483 e. The van der Waals surface area contributed by atoms with E-state index in [1.165, 1.54) is 216 Å². The lowest BCUT2D eigenvalue weighted by molar-refractivity contribution is -0.123. The minimum absolute atomic E-state index is 0.203. The number of nitrogens with one attached hydrogen (secondary N) is 2. The van der Waals surface area contributed by atoms with E-state index >= 15 is 0 Å². The third-order valence-corrected chi connectivity index (χ3v) is 13.3. The highest BCUT2D eigenvalue weighted by molar-refractivity contribution is 8.02. The number of amides is 2. The van der Waals surface area contributed by atoms with Crippen LogP contribution in [-0.4, -0.2) is 53.2 Å². The molecule has 1 unspecified atom stereocenters. The molecule has 0 spiro atoms. The summed E-state index contributed by atoms with van der Waals surface area (Å²) in [6, 6.07) is 0.212. The molecule has 0 aliphatic heterocycles. The first kappa shape index (κ1) is 65.9. The van der Waals surface area contributed by atoms with Crippen LogP contribution in [0.4, 0.5) is 0 Å². The quantitative estimate of drug-likeness (QED) is 0.0320. The zero-order valence-electron chi connectivity index (χ0n) is 42.7. The summed E-state index contributed by atoms with van der Waals surface area (Å²) in [5, 5.41) is 15.5. The van der Waals surface area contributed by atoms with Crippen molar-refractivity contribution < 1.29 is 19.5 Å². The van der Waals surface area contributed by atoms with E-state index in [0.717, 1.165) is 38.6 Å². The third kappa shape index (κ3) is 64.9. The van der Waals surface area contributed by atoms with Crippen molar-refractivity contribution in [2.24, 2.45) is 0 Å². The molecule has 1 atom stereocenters. The van der Waals surface area contributed by atoms with Crippen molar-refractivity contribution in [2.75, 3.05) is 23.8 Å². The lowest BCUT2D eigenvalue weighted by atomic mass is 10.0. The largest absolute Gasteiger partial charge is 0.483 e. The lowest BCUT2D eigenvalue weighted by Crippen LogP contribution is -2.32. The Morgan fingerprint density at radius 1 is 0.508 bits per heavy atom. The summed E-state index contributed by atoms with van der Waals surface area (Å²) in [6.07, 6.45) is 55.3. The molecule has 0 aliphatic rings. The Bertz CT molecular complexity index is 948. The number of unbranched alkanes of at least 4 members (excludes halogenated alkanes) is 30. The zero-order chi connectivity index (χ0) is 46.8. The van der Waals surface area contributed by atoms with Crippen LogP contribution in [0, 0.1) is 0 Å². The molecule has 0 fully saturated rings. The second-order valence-electron chi connectivity index (χ2n) is 17.5. The molecule has 0 saturated heterocycles. The van der Waals surface area contributed by atoms with Crippen LogP contribution in [-0.2, 0) is 14.4 Å². The summed E-state index contributed by atoms with van der Waals surface area (Å²) in [6.45, 7) is 11.2. The average molecular weight is 926 g/mol. The molecular formula is C55H108N2O4S2. The van der Waals surface area contributed by atoms with Crippen LogP contribution in [0.3, 0.4) is 0 Å². The second kappa shape index (κ2) is 62.7. The van der Waals surface area contributed by atoms with Gasteiger partial charge in [0.25, 0.3) is 6.47 Å². The van der Waals surface area contributed by atoms with Gasteiger partial charge in [0, 0.05) is 31.2 Å². The molecule has 0 aromatic rings. The first-order valence-corrected chi connectivity index (χ1v) is 29.3. The fourth-order valence-electron chi connectivity index (χ4n) is 7.57. The number of carboxylic acid groups (broad SMARTS) is 1. The molecule has 0 rings (SSSR count). The van der Waals surface area contributed by atoms with Gasteiger partial charge in [-0.05, 0) is 94.5 Å². The molecule has 0 heterocycles. The molecule has 374 valence electrons. The molecule has 0 saturated carbocycles. The van der Waals surface area contributed by atoms with Gasteiger partial charge < -0.3 is 15.7 Å². The van der Waals surface area contributed by atoms with Crippen molar-refractivity contribution in [3.05, 3.63) is 23.6 Å². The maximum Gasteiger partial charge on any atom is 0.290 e. The van der Waals surface area contributed by atoms with Crippen molar-refractivity contribution >= 4 is 41.8 Å². The average Bonchev–Trinajstić information content (AvgIpc) is 3.28. The topological polar surface area (TPSA) is 95.5 Å². The van der Waals surface area contributed by atoms with Crippen LogP contribution in [0.25, 0.3) is 0 Å². The summed E-state index contributed by atoms with van der Waals surface area (Å²) in [7, 11) is 0. The fraction of sp³-hybridized carbons (Fsp3) is 0.873. The van der Waals surface area contributed by atoms with Gasteiger partial charge in [-0.25, -0.2) is 0 Å². The fourth-order valence-corrected chi connectivity index (χ4v) is 9.24. The first-order valence-electron chi connectivity index (χ1n) is 27.1. The predicted molar refractivity (Wildman–Crippen MR) is 286 cm³/mol. The van der Waals surface area contributed by atoms with E-state index in [1.54, 1.807) is 0 Å². The Morgan fingerprint density at radius 2 is 0.905 bits per heavy atom. The number of hydrogen-bond acceptors (Lipinski definition) is 5. The standard InChI is InChI=1S/C52H100N2O2S2.C2H6.CH2O2/c1-4-6-8-10-11-12-13-14-15-16-17-18-19-20-21-22-23-25-28-31-35-43-51(55)53-45-38-37-42-50(3)54-52(56)44-36-32-29-26-24-27-30-34-40-47-58-49-41-48-57-46-39-33-9-7-5-2;1-2;2-1-3/h14-15,41,48,50H,4-13,16-40,42-47,49H2,1-3H3,(H,53,55)(H,54,56);1-2H3;1H,(H,2,3)/b15-14-,48-41-;;. The van der Waals surface area contributed by atoms with Gasteiger partial charge >= 0.3 is 0 Å². The Balaban J connectivity index is -0.00000687. The van der Waals surface area contributed by atoms with Gasteiger partial charge in [0.05, 0.1) is 0 Å². The molecule has 8 heteroatoms. The Hall–Kier alpha value is -1.41. The van der Waals surface area contributed by atoms with E-state index in [1.807, 2.05) is 25.6 Å². The third-order valence-electron chi connectivity index (χ3n) is 11.4. The SMILES string of the molecule is CC.CCCCCCCC/C=C\CCCCCCCCCCCCCC(=O)NCCCCC(C)NC(=O)CCCCCCCCCCCSC/C=C\SCCCCCCC.O=CO. The molecule has 6 nitrogen and oxygen atoms in total. The molecule has 0 aromatic carbocycles. The summed E-state index contributed by atoms with van der Waals surface area (Å²) in [4.78, 5) is 33.0. The molecule has 0 aliphatic carbocycles. The van der Waals surface area contributed by atoms with Crippen molar-refractivity contribution in [1.82, 2.24) is 10.6 Å². The highest BCUT2D eigenvalue weighted by atomic mass is 32.2. The number of allylic oxidation sites excluding steroid dienone is 2. The summed E-state index contributed by atoms with van der Waals surface area (Å²) >= 11 is 4.06. The van der Waals surface area contributed by atoms with Crippen LogP contribution in [0.1, 0.15) is 279 Å². The molecule has 2 amide bonds. The van der Waals surface area contributed by atoms with E-state index in [4.69, 9.17) is 9.90 Å². The van der Waals surface area contributed by atoms with E-state index in [2.05, 4.69) is 66.8 Å². The highest BCUT2D eigenvalue weighted by Gasteiger charge is 2.08. The van der Waals surface area contributed by atoms with Crippen molar-refractivity contribution in [3.63, 3.8) is 0 Å². The number of hydrogen-bond donors (Lipinski definition) is 3. The molecule has 63 heavy (non-hydrogen) atoms. The highest BCUT2D eigenvalue weighted by Crippen LogP contribution is 2.16. The summed E-state index contributed by atoms with van der Waals surface area (Å²) < 4.78 is 0. The lowest BCUT2D eigenvalue weighted by Gasteiger charge is -2.14. The normalized spacial score (nSPS) is 11.6. The number of carbonyl (C=O) groups excluding carboxylic acids is 2. The molecule has 0 radical (unpaired) electrons. The number of carbonyl (C=O) groups is 3. The van der Waals surface area contributed by atoms with Crippen molar-refractivity contribution in [3.8, 4) is 0 Å². The number of rotatable bonds is 48. The maximum atomic E-state index is 12.4. The van der Waals surface area contributed by atoms with E-state index in [-0.39, 0.29) is 24.3 Å². The minimum atomic E-state index is -0.250. The molecular weight excluding hydrogens is 817 g/mol. The maximum absolute atomic E-state index is 12.4. The van der Waals surface area contributed by atoms with Crippen LogP contribution in [0.15, 0.2) is 23.6 Å². The van der Waals surface area contributed by atoms with Crippen LogP contribution >= 0.6 is 23.5 Å². The van der Waals surface area contributed by atoms with E-state index in [9.17, 15) is 9.59 Å². The predicted octanol–water partition coefficient (Wildman–Crippen LogP) is 17.7. The van der Waals surface area contributed by atoms with E-state index < -0.39 is 0 Å². The second-order valence-corrected chi connectivity index (χ2v) is 19.7. The molecule has 0 aromatic heterocycles. The Labute approximate surface area is 402 Å². The van der Waals surface area contributed by atoms with Gasteiger partial charge in [0.15, 0.2) is 0 Å².